The van der Waals surface area contributed by atoms with Crippen molar-refractivity contribution in [2.75, 3.05) is 26.3 Å². The Morgan fingerprint density at radius 1 is 1.47 bits per heavy atom. The minimum absolute atomic E-state index is 0.128. The third-order valence-corrected chi connectivity index (χ3v) is 4.13. The summed E-state index contributed by atoms with van der Waals surface area (Å²) in [5.74, 6) is 0.817. The fourth-order valence-corrected chi connectivity index (χ4v) is 2.41. The van der Waals surface area contributed by atoms with Gasteiger partial charge in [0.05, 0.1) is 13.2 Å². The Bertz CT molecular complexity index is 210. The molecule has 0 radical (unpaired) electrons. The Kier molecular flexibility index (Phi) is 6.45. The number of hydrogen-bond acceptors (Lipinski definition) is 3. The lowest BCUT2D eigenvalue weighted by Gasteiger charge is -2.28. The molecule has 0 spiro atoms. The molecule has 102 valence electrons. The topological polar surface area (TPSA) is 47.3 Å². The molecule has 0 aliphatic carbocycles. The first-order valence-electron chi connectivity index (χ1n) is 7.16. The van der Waals surface area contributed by atoms with Gasteiger partial charge in [-0.1, -0.05) is 40.0 Å². The SMILES string of the molecule is CCCCC(CC)CNCC1(C)COCC1N. The Hall–Kier alpha value is -0.120. The van der Waals surface area contributed by atoms with Crippen molar-refractivity contribution in [1.82, 2.24) is 5.32 Å². The molecule has 0 aromatic carbocycles. The molecule has 0 aromatic heterocycles. The first-order chi connectivity index (χ1) is 8.12. The van der Waals surface area contributed by atoms with Crippen LogP contribution < -0.4 is 11.1 Å². The van der Waals surface area contributed by atoms with Gasteiger partial charge in [0, 0.05) is 18.0 Å². The summed E-state index contributed by atoms with van der Waals surface area (Å²) in [6.07, 6.45) is 5.26. The summed E-state index contributed by atoms with van der Waals surface area (Å²) in [4.78, 5) is 0. The van der Waals surface area contributed by atoms with Crippen LogP contribution in [-0.4, -0.2) is 32.3 Å². The maximum Gasteiger partial charge on any atom is 0.0624 e. The van der Waals surface area contributed by atoms with Gasteiger partial charge in [-0.25, -0.2) is 0 Å². The summed E-state index contributed by atoms with van der Waals surface area (Å²) in [5.41, 5.74) is 6.21. The highest BCUT2D eigenvalue weighted by Gasteiger charge is 2.37. The third-order valence-electron chi connectivity index (χ3n) is 4.13. The number of unbranched alkanes of at least 4 members (excludes halogenated alkanes) is 1. The Morgan fingerprint density at radius 2 is 2.24 bits per heavy atom. The van der Waals surface area contributed by atoms with E-state index < -0.39 is 0 Å². The molecule has 3 unspecified atom stereocenters. The van der Waals surface area contributed by atoms with Crippen LogP contribution in [0.5, 0.6) is 0 Å². The second-order valence-corrected chi connectivity index (χ2v) is 5.82. The standard InChI is InChI=1S/C14H30N2O/c1-4-6-7-12(5-2)8-16-10-14(3)11-17-9-13(14)15/h12-13,16H,4-11,15H2,1-3H3. The molecule has 1 saturated heterocycles. The van der Waals surface area contributed by atoms with Crippen LogP contribution in [0.4, 0.5) is 0 Å². The van der Waals surface area contributed by atoms with Crippen molar-refractivity contribution in [3.8, 4) is 0 Å². The fourth-order valence-electron chi connectivity index (χ4n) is 2.41. The Labute approximate surface area is 106 Å². The summed E-state index contributed by atoms with van der Waals surface area (Å²) in [7, 11) is 0. The largest absolute Gasteiger partial charge is 0.379 e. The molecule has 3 nitrogen and oxygen atoms in total. The summed E-state index contributed by atoms with van der Waals surface area (Å²) < 4.78 is 5.46. The molecule has 3 N–H and O–H groups in total. The molecule has 0 saturated carbocycles. The van der Waals surface area contributed by atoms with Crippen molar-refractivity contribution in [2.24, 2.45) is 17.1 Å². The van der Waals surface area contributed by atoms with Gasteiger partial charge in [-0.3, -0.25) is 0 Å². The number of rotatable bonds is 8. The van der Waals surface area contributed by atoms with Crippen molar-refractivity contribution < 1.29 is 4.74 Å². The van der Waals surface area contributed by atoms with E-state index in [0.29, 0.717) is 6.61 Å². The summed E-state index contributed by atoms with van der Waals surface area (Å²) in [5, 5.41) is 3.60. The lowest BCUT2D eigenvalue weighted by molar-refractivity contribution is 0.157. The maximum atomic E-state index is 6.08. The zero-order valence-corrected chi connectivity index (χ0v) is 11.8. The second kappa shape index (κ2) is 7.34. The molecule has 1 rings (SSSR count). The summed E-state index contributed by atoms with van der Waals surface area (Å²) >= 11 is 0. The van der Waals surface area contributed by atoms with Crippen LogP contribution >= 0.6 is 0 Å². The minimum atomic E-state index is 0.128. The third kappa shape index (κ3) is 4.57. The monoisotopic (exact) mass is 242 g/mol. The second-order valence-electron chi connectivity index (χ2n) is 5.82. The smallest absolute Gasteiger partial charge is 0.0624 e. The Balaban J connectivity index is 2.21. The van der Waals surface area contributed by atoms with E-state index in [2.05, 4.69) is 26.1 Å². The highest BCUT2D eigenvalue weighted by Crippen LogP contribution is 2.26. The van der Waals surface area contributed by atoms with Gasteiger partial charge < -0.3 is 15.8 Å². The molecule has 17 heavy (non-hydrogen) atoms. The van der Waals surface area contributed by atoms with E-state index in [1.807, 2.05) is 0 Å². The van der Waals surface area contributed by atoms with Crippen molar-refractivity contribution in [3.63, 3.8) is 0 Å². The lowest BCUT2D eigenvalue weighted by Crippen LogP contribution is -2.46. The predicted octanol–water partition coefficient (Wildman–Crippen LogP) is 2.16. The van der Waals surface area contributed by atoms with E-state index in [0.717, 1.165) is 25.6 Å². The first-order valence-corrected chi connectivity index (χ1v) is 7.16. The normalized spacial score (nSPS) is 30.7. The van der Waals surface area contributed by atoms with Crippen molar-refractivity contribution in [2.45, 2.75) is 52.5 Å². The van der Waals surface area contributed by atoms with Crippen molar-refractivity contribution in [3.05, 3.63) is 0 Å². The van der Waals surface area contributed by atoms with E-state index in [1.165, 1.54) is 25.7 Å². The van der Waals surface area contributed by atoms with Crippen LogP contribution in [0.25, 0.3) is 0 Å². The van der Waals surface area contributed by atoms with E-state index in [-0.39, 0.29) is 11.5 Å². The predicted molar refractivity (Wildman–Crippen MR) is 73.1 cm³/mol. The molecule has 1 aliphatic heterocycles. The van der Waals surface area contributed by atoms with Crippen LogP contribution in [0.2, 0.25) is 0 Å². The van der Waals surface area contributed by atoms with Gasteiger partial charge in [0.2, 0.25) is 0 Å². The van der Waals surface area contributed by atoms with Gasteiger partial charge in [-0.05, 0) is 18.9 Å². The van der Waals surface area contributed by atoms with Gasteiger partial charge in [-0.2, -0.15) is 0 Å². The molecule has 3 atom stereocenters. The average molecular weight is 242 g/mol. The van der Waals surface area contributed by atoms with Crippen molar-refractivity contribution in [1.29, 1.82) is 0 Å². The van der Waals surface area contributed by atoms with Gasteiger partial charge >= 0.3 is 0 Å². The highest BCUT2D eigenvalue weighted by molar-refractivity contribution is 4.91. The summed E-state index contributed by atoms with van der Waals surface area (Å²) in [6.45, 7) is 10.4. The maximum absolute atomic E-state index is 6.08. The molecule has 3 heteroatoms. The van der Waals surface area contributed by atoms with E-state index in [1.54, 1.807) is 0 Å². The number of hydrogen-bond donors (Lipinski definition) is 2. The Morgan fingerprint density at radius 3 is 2.76 bits per heavy atom. The van der Waals surface area contributed by atoms with Crippen LogP contribution in [0.1, 0.15) is 46.5 Å². The van der Waals surface area contributed by atoms with Gasteiger partial charge in [0.25, 0.3) is 0 Å². The van der Waals surface area contributed by atoms with Crippen LogP contribution in [0.15, 0.2) is 0 Å². The average Bonchev–Trinajstić information content (AvgIpc) is 2.64. The molecular formula is C14H30N2O. The van der Waals surface area contributed by atoms with E-state index >= 15 is 0 Å². The van der Waals surface area contributed by atoms with Crippen LogP contribution in [0.3, 0.4) is 0 Å². The quantitative estimate of drug-likeness (QED) is 0.685. The zero-order chi connectivity index (χ0) is 12.7. The van der Waals surface area contributed by atoms with Gasteiger partial charge in [-0.15, -0.1) is 0 Å². The number of ether oxygens (including phenoxy) is 1. The van der Waals surface area contributed by atoms with E-state index in [9.17, 15) is 0 Å². The van der Waals surface area contributed by atoms with Crippen LogP contribution in [-0.2, 0) is 4.74 Å². The number of nitrogens with two attached hydrogens (primary N) is 1. The molecule has 0 amide bonds. The molecule has 1 aliphatic rings. The van der Waals surface area contributed by atoms with Gasteiger partial charge in [0.15, 0.2) is 0 Å². The summed E-state index contributed by atoms with van der Waals surface area (Å²) in [6, 6.07) is 0.186. The molecule has 0 bridgehead atoms. The minimum Gasteiger partial charge on any atom is -0.379 e. The molecule has 1 heterocycles. The molecular weight excluding hydrogens is 212 g/mol. The first kappa shape index (κ1) is 14.9. The molecule has 0 aromatic rings. The number of nitrogens with one attached hydrogen (secondary N) is 1. The fraction of sp³-hybridized carbons (Fsp3) is 1.00. The molecule has 1 fully saturated rings. The van der Waals surface area contributed by atoms with Crippen molar-refractivity contribution >= 4 is 0 Å². The van der Waals surface area contributed by atoms with Gasteiger partial charge in [0.1, 0.15) is 0 Å². The van der Waals surface area contributed by atoms with E-state index in [4.69, 9.17) is 10.5 Å². The highest BCUT2D eigenvalue weighted by atomic mass is 16.5. The lowest BCUT2D eigenvalue weighted by atomic mass is 9.85. The zero-order valence-electron chi connectivity index (χ0n) is 11.8. The van der Waals surface area contributed by atoms with Crippen LogP contribution in [0, 0.1) is 11.3 Å².